The zero-order valence-corrected chi connectivity index (χ0v) is 16.7. The lowest BCUT2D eigenvalue weighted by molar-refractivity contribution is 0.439. The third kappa shape index (κ3) is 3.35. The van der Waals surface area contributed by atoms with Crippen molar-refractivity contribution in [2.24, 2.45) is 0 Å². The quantitative estimate of drug-likeness (QED) is 0.436. The fourth-order valence-corrected chi connectivity index (χ4v) is 4.14. The van der Waals surface area contributed by atoms with Gasteiger partial charge in [-0.2, -0.15) is 0 Å². The molecule has 2 aromatic heterocycles. The number of rotatable bonds is 4. The van der Waals surface area contributed by atoms with Crippen molar-refractivity contribution in [2.75, 3.05) is 4.90 Å². The molecule has 4 aromatic rings. The Morgan fingerprint density at radius 2 is 1.67 bits per heavy atom. The molecule has 1 aliphatic heterocycles. The number of nitrogens with zero attached hydrogens (tertiary/aromatic N) is 2. The number of furan rings is 1. The summed E-state index contributed by atoms with van der Waals surface area (Å²) in [7, 11) is 0. The Hall–Kier alpha value is -3.51. The Morgan fingerprint density at radius 1 is 0.900 bits per heavy atom. The normalized spacial score (nSPS) is 18.4. The SMILES string of the molecule is Fc1ccc(-c2ccc(C3C(c4ccccn4)NC(=S)N3c3ccccc3)o2)cc1. The molecule has 30 heavy (non-hydrogen) atoms. The van der Waals surface area contributed by atoms with E-state index in [1.807, 2.05) is 60.7 Å². The molecule has 1 fully saturated rings. The molecule has 2 atom stereocenters. The van der Waals surface area contributed by atoms with Crippen LogP contribution in [0.15, 0.2) is 95.5 Å². The summed E-state index contributed by atoms with van der Waals surface area (Å²) in [6.45, 7) is 0. The van der Waals surface area contributed by atoms with Crippen molar-refractivity contribution < 1.29 is 8.81 Å². The van der Waals surface area contributed by atoms with E-state index >= 15 is 0 Å². The van der Waals surface area contributed by atoms with E-state index < -0.39 is 0 Å². The number of para-hydroxylation sites is 1. The molecular weight excluding hydrogens is 397 g/mol. The second kappa shape index (κ2) is 7.72. The Labute approximate surface area is 179 Å². The minimum atomic E-state index is -0.277. The van der Waals surface area contributed by atoms with E-state index in [2.05, 4.69) is 15.2 Å². The number of benzene rings is 2. The minimum absolute atomic E-state index is 0.175. The molecule has 1 N–H and O–H groups in total. The summed E-state index contributed by atoms with van der Waals surface area (Å²) in [5.74, 6) is 1.15. The van der Waals surface area contributed by atoms with Gasteiger partial charge in [-0.05, 0) is 72.9 Å². The number of nitrogens with one attached hydrogen (secondary N) is 1. The summed E-state index contributed by atoms with van der Waals surface area (Å²) >= 11 is 5.69. The van der Waals surface area contributed by atoms with Crippen molar-refractivity contribution in [1.29, 1.82) is 0 Å². The number of aromatic nitrogens is 1. The highest BCUT2D eigenvalue weighted by atomic mass is 32.1. The number of hydrogen-bond acceptors (Lipinski definition) is 3. The van der Waals surface area contributed by atoms with Crippen molar-refractivity contribution in [3.05, 3.63) is 108 Å². The maximum Gasteiger partial charge on any atom is 0.174 e. The van der Waals surface area contributed by atoms with Gasteiger partial charge >= 0.3 is 0 Å². The summed E-state index contributed by atoms with van der Waals surface area (Å²) in [5, 5.41) is 4.02. The van der Waals surface area contributed by atoms with Crippen molar-refractivity contribution in [3.63, 3.8) is 0 Å². The highest BCUT2D eigenvalue weighted by Gasteiger charge is 2.42. The van der Waals surface area contributed by atoms with Crippen LogP contribution < -0.4 is 10.2 Å². The van der Waals surface area contributed by atoms with Crippen LogP contribution in [0.4, 0.5) is 10.1 Å². The summed E-state index contributed by atoms with van der Waals surface area (Å²) in [6, 6.07) is 25.5. The van der Waals surface area contributed by atoms with Crippen LogP contribution in [0.25, 0.3) is 11.3 Å². The van der Waals surface area contributed by atoms with E-state index in [1.165, 1.54) is 12.1 Å². The summed E-state index contributed by atoms with van der Waals surface area (Å²) in [6.07, 6.45) is 1.77. The average Bonchev–Trinajstić information content (AvgIpc) is 3.40. The van der Waals surface area contributed by atoms with Gasteiger partial charge in [0, 0.05) is 17.4 Å². The number of thiocarbonyl (C=S) groups is 1. The van der Waals surface area contributed by atoms with Gasteiger partial charge in [0.25, 0.3) is 0 Å². The van der Waals surface area contributed by atoms with Gasteiger partial charge in [0.2, 0.25) is 0 Å². The van der Waals surface area contributed by atoms with Gasteiger partial charge in [-0.1, -0.05) is 24.3 Å². The summed E-state index contributed by atoms with van der Waals surface area (Å²) in [4.78, 5) is 6.60. The first-order valence-electron chi connectivity index (χ1n) is 9.62. The lowest BCUT2D eigenvalue weighted by Crippen LogP contribution is -2.29. The van der Waals surface area contributed by atoms with Crippen molar-refractivity contribution in [2.45, 2.75) is 12.1 Å². The molecule has 2 aromatic carbocycles. The number of anilines is 1. The van der Waals surface area contributed by atoms with Crippen molar-refractivity contribution >= 4 is 23.0 Å². The molecule has 148 valence electrons. The molecule has 0 saturated carbocycles. The predicted molar refractivity (Wildman–Crippen MR) is 118 cm³/mol. The first kappa shape index (κ1) is 18.5. The first-order valence-corrected chi connectivity index (χ1v) is 10.0. The van der Waals surface area contributed by atoms with E-state index in [0.29, 0.717) is 10.9 Å². The Kier molecular flexibility index (Phi) is 4.77. The fraction of sp³-hybridized carbons (Fsp3) is 0.0833. The molecule has 0 amide bonds. The van der Waals surface area contributed by atoms with E-state index in [0.717, 1.165) is 22.7 Å². The van der Waals surface area contributed by atoms with Crippen LogP contribution in [0.3, 0.4) is 0 Å². The van der Waals surface area contributed by atoms with Crippen LogP contribution in [0.2, 0.25) is 0 Å². The van der Waals surface area contributed by atoms with Gasteiger partial charge in [0.05, 0.1) is 11.7 Å². The summed E-state index contributed by atoms with van der Waals surface area (Å²) in [5.41, 5.74) is 2.66. The van der Waals surface area contributed by atoms with Crippen LogP contribution in [-0.2, 0) is 0 Å². The van der Waals surface area contributed by atoms with Crippen LogP contribution in [0.1, 0.15) is 23.5 Å². The first-order chi connectivity index (χ1) is 14.7. The van der Waals surface area contributed by atoms with E-state index in [1.54, 1.807) is 18.3 Å². The van der Waals surface area contributed by atoms with E-state index in [4.69, 9.17) is 16.6 Å². The maximum atomic E-state index is 13.3. The van der Waals surface area contributed by atoms with Gasteiger partial charge in [0.15, 0.2) is 5.11 Å². The van der Waals surface area contributed by atoms with Gasteiger partial charge < -0.3 is 14.6 Å². The van der Waals surface area contributed by atoms with Crippen LogP contribution in [0.5, 0.6) is 0 Å². The highest BCUT2D eigenvalue weighted by molar-refractivity contribution is 7.80. The smallest absolute Gasteiger partial charge is 0.174 e. The molecule has 6 heteroatoms. The molecule has 0 aliphatic carbocycles. The highest BCUT2D eigenvalue weighted by Crippen LogP contribution is 2.42. The van der Waals surface area contributed by atoms with Crippen molar-refractivity contribution in [3.8, 4) is 11.3 Å². The molecule has 4 nitrogen and oxygen atoms in total. The molecular formula is C24H18FN3OS. The molecule has 2 unspecified atom stereocenters. The standard InChI is InChI=1S/C24H18FN3OS/c25-17-11-9-16(10-12-17)20-13-14-21(29-20)23-22(19-8-4-5-15-26-19)27-24(30)28(23)18-6-2-1-3-7-18/h1-15,22-23H,(H,27,30). The van der Waals surface area contributed by atoms with Gasteiger partial charge in [-0.3, -0.25) is 4.98 Å². The zero-order chi connectivity index (χ0) is 20.5. The predicted octanol–water partition coefficient (Wildman–Crippen LogP) is 5.66. The molecule has 0 bridgehead atoms. The lowest BCUT2D eigenvalue weighted by atomic mass is 10.0. The fourth-order valence-electron chi connectivity index (χ4n) is 3.79. The van der Waals surface area contributed by atoms with Crippen LogP contribution in [0, 0.1) is 5.82 Å². The van der Waals surface area contributed by atoms with Gasteiger partial charge in [0.1, 0.15) is 23.4 Å². The molecule has 0 spiro atoms. The van der Waals surface area contributed by atoms with Crippen LogP contribution in [-0.4, -0.2) is 10.1 Å². The number of hydrogen-bond donors (Lipinski definition) is 1. The Morgan fingerprint density at radius 3 is 2.40 bits per heavy atom. The third-order valence-corrected chi connectivity index (χ3v) is 5.49. The van der Waals surface area contributed by atoms with Crippen LogP contribution >= 0.6 is 12.2 Å². The number of pyridine rings is 1. The largest absolute Gasteiger partial charge is 0.459 e. The second-order valence-electron chi connectivity index (χ2n) is 7.04. The molecule has 1 aliphatic rings. The molecule has 5 rings (SSSR count). The van der Waals surface area contributed by atoms with E-state index in [-0.39, 0.29) is 17.9 Å². The maximum absolute atomic E-state index is 13.3. The average molecular weight is 415 g/mol. The van der Waals surface area contributed by atoms with Gasteiger partial charge in [-0.25, -0.2) is 4.39 Å². The zero-order valence-electron chi connectivity index (χ0n) is 15.9. The number of halogens is 1. The van der Waals surface area contributed by atoms with Gasteiger partial charge in [-0.15, -0.1) is 0 Å². The topological polar surface area (TPSA) is 41.3 Å². The minimum Gasteiger partial charge on any atom is -0.459 e. The van der Waals surface area contributed by atoms with Crippen molar-refractivity contribution in [1.82, 2.24) is 10.3 Å². The molecule has 1 saturated heterocycles. The lowest BCUT2D eigenvalue weighted by Gasteiger charge is -2.26. The molecule has 0 radical (unpaired) electrons. The monoisotopic (exact) mass is 415 g/mol. The third-order valence-electron chi connectivity index (χ3n) is 5.18. The van der Waals surface area contributed by atoms with E-state index in [9.17, 15) is 4.39 Å². The molecule has 3 heterocycles. The second-order valence-corrected chi connectivity index (χ2v) is 7.43. The summed E-state index contributed by atoms with van der Waals surface area (Å²) < 4.78 is 19.6. The Bertz CT molecular complexity index is 1160. The Balaban J connectivity index is 1.59.